The molecule has 1 aliphatic rings. The van der Waals surface area contributed by atoms with Crippen LogP contribution < -0.4 is 0 Å². The summed E-state index contributed by atoms with van der Waals surface area (Å²) in [5, 5.41) is 0. The minimum absolute atomic E-state index is 0.124. The summed E-state index contributed by atoms with van der Waals surface area (Å²) in [6.07, 6.45) is 1.49. The van der Waals surface area contributed by atoms with E-state index in [9.17, 15) is 13.2 Å². The van der Waals surface area contributed by atoms with Crippen LogP contribution in [0.25, 0.3) is 0 Å². The van der Waals surface area contributed by atoms with Gasteiger partial charge in [0.2, 0.25) is 0 Å². The molecule has 0 aliphatic heterocycles. The number of benzene rings is 1. The maximum absolute atomic E-state index is 12.2. The molecule has 1 aromatic carbocycles. The predicted molar refractivity (Wildman–Crippen MR) is 81.5 cm³/mol. The Hall–Kier alpha value is -1.53. The molecule has 104 valence electrons. The first-order valence-corrected chi connectivity index (χ1v) is 8.06. The van der Waals surface area contributed by atoms with Crippen molar-refractivity contribution in [3.05, 3.63) is 52.0 Å². The third-order valence-corrected chi connectivity index (χ3v) is 5.14. The number of hydrogen-bond acceptors (Lipinski definition) is 3. The van der Waals surface area contributed by atoms with Crippen LogP contribution in [-0.2, 0) is 14.8 Å². The van der Waals surface area contributed by atoms with Crippen molar-refractivity contribution in [2.24, 2.45) is 4.40 Å². The van der Waals surface area contributed by atoms with E-state index in [-0.39, 0.29) is 16.4 Å². The molecule has 1 aromatic rings. The number of ketones is 1. The molecule has 0 radical (unpaired) electrons. The lowest BCUT2D eigenvalue weighted by atomic mass is 9.99. The highest BCUT2D eigenvalue weighted by Crippen LogP contribution is 2.25. The van der Waals surface area contributed by atoms with E-state index >= 15 is 0 Å². The number of nitrogens with zero attached hydrogens (tertiary/aromatic N) is 1. The van der Waals surface area contributed by atoms with Crippen LogP contribution in [0.5, 0.6) is 0 Å². The molecule has 0 unspecified atom stereocenters. The first kappa shape index (κ1) is 14.9. The molecule has 0 saturated heterocycles. The second-order valence-electron chi connectivity index (χ2n) is 4.36. The van der Waals surface area contributed by atoms with E-state index in [0.717, 1.165) is 0 Å². The first-order valence-electron chi connectivity index (χ1n) is 5.82. The van der Waals surface area contributed by atoms with Crippen molar-refractivity contribution in [3.63, 3.8) is 0 Å². The number of hydrogen-bond donors (Lipinski definition) is 0. The summed E-state index contributed by atoms with van der Waals surface area (Å²) < 4.78 is 28.6. The van der Waals surface area contributed by atoms with Gasteiger partial charge in [-0.25, -0.2) is 0 Å². The Bertz CT molecular complexity index is 759. The molecule has 0 aromatic heterocycles. The highest BCUT2D eigenvalue weighted by molar-refractivity contribution is 9.12. The van der Waals surface area contributed by atoms with Crippen molar-refractivity contribution >= 4 is 37.4 Å². The maximum atomic E-state index is 12.2. The Kier molecular flexibility index (Phi) is 4.06. The van der Waals surface area contributed by atoms with Gasteiger partial charge in [-0.3, -0.25) is 4.79 Å². The topological polar surface area (TPSA) is 63.6 Å². The van der Waals surface area contributed by atoms with Gasteiger partial charge in [0.25, 0.3) is 10.0 Å². The lowest BCUT2D eigenvalue weighted by Crippen LogP contribution is -2.15. The summed E-state index contributed by atoms with van der Waals surface area (Å²) in [7, 11) is -3.78. The van der Waals surface area contributed by atoms with Gasteiger partial charge in [-0.1, -0.05) is 18.2 Å². The minimum atomic E-state index is -3.78. The Labute approximate surface area is 126 Å². The van der Waals surface area contributed by atoms with E-state index in [0.29, 0.717) is 15.6 Å². The molecule has 0 atom stereocenters. The number of carbonyl (C=O) groups excluding carboxylic acids is 1. The largest absolute Gasteiger partial charge is 0.288 e. The van der Waals surface area contributed by atoms with Crippen LogP contribution in [0.15, 0.2) is 61.3 Å². The SMILES string of the molecule is CC1=CC(=NS(=O)(=O)c2ccccc2)C(C)=C(Br)C1=O. The molecule has 0 N–H and O–H groups in total. The van der Waals surface area contributed by atoms with E-state index < -0.39 is 10.0 Å². The van der Waals surface area contributed by atoms with Crippen LogP contribution in [0.1, 0.15) is 13.8 Å². The zero-order valence-electron chi connectivity index (χ0n) is 10.9. The summed E-state index contributed by atoms with van der Waals surface area (Å²) >= 11 is 3.18. The van der Waals surface area contributed by atoms with Crippen LogP contribution in [0.2, 0.25) is 0 Å². The number of allylic oxidation sites excluding steroid dienone is 4. The van der Waals surface area contributed by atoms with Crippen molar-refractivity contribution in [1.29, 1.82) is 0 Å². The van der Waals surface area contributed by atoms with Crippen LogP contribution in [0.3, 0.4) is 0 Å². The number of rotatable bonds is 2. The zero-order valence-corrected chi connectivity index (χ0v) is 13.3. The fraction of sp³-hybridized carbons (Fsp3) is 0.143. The standard InChI is InChI=1S/C14H12BrNO3S/c1-9-8-12(10(2)13(15)14(9)17)16-20(18,19)11-6-4-3-5-7-11/h3-8H,1-2H3. The Morgan fingerprint density at radius 3 is 2.30 bits per heavy atom. The van der Waals surface area contributed by atoms with E-state index in [1.165, 1.54) is 18.2 Å². The average molecular weight is 354 g/mol. The van der Waals surface area contributed by atoms with Gasteiger partial charge in [-0.05, 0) is 59.1 Å². The summed E-state index contributed by atoms with van der Waals surface area (Å²) in [6.45, 7) is 3.28. The molecular formula is C14H12BrNO3S. The van der Waals surface area contributed by atoms with Crippen molar-refractivity contribution < 1.29 is 13.2 Å². The Morgan fingerprint density at radius 2 is 1.70 bits per heavy atom. The van der Waals surface area contributed by atoms with Gasteiger partial charge >= 0.3 is 0 Å². The monoisotopic (exact) mass is 353 g/mol. The number of carbonyl (C=O) groups is 1. The summed E-state index contributed by atoms with van der Waals surface area (Å²) in [4.78, 5) is 11.9. The van der Waals surface area contributed by atoms with Crippen LogP contribution in [0.4, 0.5) is 0 Å². The van der Waals surface area contributed by atoms with E-state index in [4.69, 9.17) is 0 Å². The van der Waals surface area contributed by atoms with Gasteiger partial charge in [0.05, 0.1) is 15.1 Å². The van der Waals surface area contributed by atoms with Gasteiger partial charge in [0.15, 0.2) is 5.78 Å². The molecule has 1 aliphatic carbocycles. The van der Waals surface area contributed by atoms with E-state index in [2.05, 4.69) is 20.3 Å². The smallest absolute Gasteiger partial charge is 0.282 e. The van der Waals surface area contributed by atoms with Crippen molar-refractivity contribution in [2.75, 3.05) is 0 Å². The minimum Gasteiger partial charge on any atom is -0.288 e. The molecule has 0 spiro atoms. The maximum Gasteiger partial charge on any atom is 0.282 e. The van der Waals surface area contributed by atoms with Crippen molar-refractivity contribution in [2.45, 2.75) is 18.7 Å². The Morgan fingerprint density at radius 1 is 1.10 bits per heavy atom. The van der Waals surface area contributed by atoms with Gasteiger partial charge < -0.3 is 0 Å². The van der Waals surface area contributed by atoms with E-state index in [1.54, 1.807) is 32.0 Å². The molecular weight excluding hydrogens is 342 g/mol. The third kappa shape index (κ3) is 2.81. The summed E-state index contributed by atoms with van der Waals surface area (Å²) in [5.74, 6) is -0.154. The normalized spacial score (nSPS) is 18.4. The van der Waals surface area contributed by atoms with E-state index in [1.807, 2.05) is 0 Å². The van der Waals surface area contributed by atoms with Crippen molar-refractivity contribution in [3.8, 4) is 0 Å². The molecule has 6 heteroatoms. The number of sulfonamides is 1. The second-order valence-corrected chi connectivity index (χ2v) is 6.76. The number of Topliss-reactive ketones (excluding diaryl/α,β-unsaturated/α-hetero) is 1. The number of halogens is 1. The fourth-order valence-corrected chi connectivity index (χ4v) is 3.28. The third-order valence-electron chi connectivity index (χ3n) is 2.88. The van der Waals surface area contributed by atoms with Crippen molar-refractivity contribution in [1.82, 2.24) is 0 Å². The molecule has 20 heavy (non-hydrogen) atoms. The lowest BCUT2D eigenvalue weighted by Gasteiger charge is -2.13. The lowest BCUT2D eigenvalue weighted by molar-refractivity contribution is -0.111. The van der Waals surface area contributed by atoms with Gasteiger partial charge in [-0.15, -0.1) is 0 Å². The van der Waals surface area contributed by atoms with Gasteiger partial charge in [0.1, 0.15) is 0 Å². The highest BCUT2D eigenvalue weighted by atomic mass is 79.9. The summed E-state index contributed by atoms with van der Waals surface area (Å²) in [6, 6.07) is 7.97. The molecule has 4 nitrogen and oxygen atoms in total. The van der Waals surface area contributed by atoms with Crippen LogP contribution in [0, 0.1) is 0 Å². The molecule has 0 fully saturated rings. The molecule has 0 saturated carbocycles. The fourth-order valence-electron chi connectivity index (χ4n) is 1.70. The quantitative estimate of drug-likeness (QED) is 0.767. The highest BCUT2D eigenvalue weighted by Gasteiger charge is 2.22. The van der Waals surface area contributed by atoms with Gasteiger partial charge in [0, 0.05) is 0 Å². The predicted octanol–water partition coefficient (Wildman–Crippen LogP) is 3.01. The Balaban J connectivity index is 2.54. The molecule has 0 amide bonds. The van der Waals surface area contributed by atoms with Crippen LogP contribution in [-0.4, -0.2) is 19.9 Å². The zero-order chi connectivity index (χ0) is 14.9. The average Bonchev–Trinajstić information content (AvgIpc) is 2.43. The molecule has 0 heterocycles. The molecule has 2 rings (SSSR count). The van der Waals surface area contributed by atoms with Crippen LogP contribution >= 0.6 is 15.9 Å². The molecule has 0 bridgehead atoms. The second kappa shape index (κ2) is 5.46. The van der Waals surface area contributed by atoms with Gasteiger partial charge in [-0.2, -0.15) is 12.8 Å². The summed E-state index contributed by atoms with van der Waals surface area (Å²) in [5.41, 5.74) is 1.24. The first-order chi connectivity index (χ1) is 9.33.